The van der Waals surface area contributed by atoms with Gasteiger partial charge in [0, 0.05) is 40.8 Å². The SMILES string of the molecule is COC(=O)C1=C(CN2CC(F)(F)CC2C(=O)O)NC(c2nccs2)=NC1c1ccc(C#N)cc1Cl. The van der Waals surface area contributed by atoms with Gasteiger partial charge in [0.1, 0.15) is 12.1 Å². The molecular formula is C22H18ClF2N5O4S. The maximum atomic E-state index is 14.1. The molecule has 0 aliphatic carbocycles. The van der Waals surface area contributed by atoms with Crippen LogP contribution in [0.15, 0.2) is 46.0 Å². The lowest BCUT2D eigenvalue weighted by molar-refractivity contribution is -0.142. The van der Waals surface area contributed by atoms with Crippen LogP contribution in [0.25, 0.3) is 0 Å². The third-order valence-corrected chi connectivity index (χ3v) is 6.71. The molecule has 4 rings (SSSR count). The standard InChI is InChI=1S/C22H18ClF2N5O4S/c1-34-21(33)16-14(9-30-10-22(24,25)7-15(30)20(31)32)28-18(19-27-4-5-35-19)29-17(16)12-3-2-11(8-26)6-13(12)23/h2-6,15,17H,7,9-10H2,1H3,(H,28,29)(H,31,32). The number of hydrogen-bond donors (Lipinski definition) is 2. The summed E-state index contributed by atoms with van der Waals surface area (Å²) in [4.78, 5) is 34.5. The van der Waals surface area contributed by atoms with E-state index >= 15 is 0 Å². The number of halogens is 3. The van der Waals surface area contributed by atoms with E-state index in [2.05, 4.69) is 15.3 Å². The molecule has 0 spiro atoms. The Bertz CT molecular complexity index is 1280. The third kappa shape index (κ3) is 5.02. The number of nitrogens with one attached hydrogen (secondary N) is 1. The van der Waals surface area contributed by atoms with Gasteiger partial charge in [0.2, 0.25) is 0 Å². The van der Waals surface area contributed by atoms with Gasteiger partial charge in [-0.05, 0) is 12.1 Å². The number of methoxy groups -OCH3 is 1. The zero-order valence-corrected chi connectivity index (χ0v) is 19.7. The molecule has 1 aromatic carbocycles. The second-order valence-corrected chi connectivity index (χ2v) is 9.20. The Morgan fingerprint density at radius 1 is 1.46 bits per heavy atom. The van der Waals surface area contributed by atoms with Crippen LogP contribution in [0.3, 0.4) is 0 Å². The number of nitriles is 1. The normalized spacial score (nSPS) is 21.7. The number of benzene rings is 1. The van der Waals surface area contributed by atoms with Crippen molar-refractivity contribution in [1.29, 1.82) is 5.26 Å². The number of esters is 1. The summed E-state index contributed by atoms with van der Waals surface area (Å²) in [5.41, 5.74) is 0.801. The van der Waals surface area contributed by atoms with E-state index in [0.717, 1.165) is 12.0 Å². The highest BCUT2D eigenvalue weighted by atomic mass is 35.5. The molecule has 182 valence electrons. The van der Waals surface area contributed by atoms with Gasteiger partial charge >= 0.3 is 11.9 Å². The Morgan fingerprint density at radius 2 is 2.23 bits per heavy atom. The van der Waals surface area contributed by atoms with Crippen LogP contribution in [-0.2, 0) is 14.3 Å². The number of aliphatic imine (C=N–C) groups is 1. The summed E-state index contributed by atoms with van der Waals surface area (Å²) in [5, 5.41) is 24.0. The Balaban J connectivity index is 1.84. The Hall–Kier alpha value is -3.40. The van der Waals surface area contributed by atoms with Crippen molar-refractivity contribution in [3.63, 3.8) is 0 Å². The minimum Gasteiger partial charge on any atom is -0.480 e. The fraction of sp³-hybridized carbons (Fsp3) is 0.318. The van der Waals surface area contributed by atoms with Crippen molar-refractivity contribution >= 4 is 40.7 Å². The molecule has 1 saturated heterocycles. The Morgan fingerprint density at radius 3 is 2.83 bits per heavy atom. The zero-order valence-electron chi connectivity index (χ0n) is 18.2. The number of hydrogen-bond acceptors (Lipinski definition) is 9. The van der Waals surface area contributed by atoms with Gasteiger partial charge in [-0.25, -0.2) is 18.6 Å². The quantitative estimate of drug-likeness (QED) is 0.555. The van der Waals surface area contributed by atoms with Crippen molar-refractivity contribution in [2.45, 2.75) is 24.4 Å². The summed E-state index contributed by atoms with van der Waals surface area (Å²) in [7, 11) is 1.16. The summed E-state index contributed by atoms with van der Waals surface area (Å²) in [6, 6.07) is 3.99. The van der Waals surface area contributed by atoms with Crippen LogP contribution >= 0.6 is 22.9 Å². The van der Waals surface area contributed by atoms with Gasteiger partial charge < -0.3 is 15.2 Å². The van der Waals surface area contributed by atoms with Crippen molar-refractivity contribution < 1.29 is 28.2 Å². The van der Waals surface area contributed by atoms with E-state index in [4.69, 9.17) is 16.3 Å². The molecule has 2 aliphatic heterocycles. The lowest BCUT2D eigenvalue weighted by Crippen LogP contribution is -2.43. The molecule has 2 aromatic rings. The highest BCUT2D eigenvalue weighted by Crippen LogP contribution is 2.38. The number of nitrogens with zero attached hydrogens (tertiary/aromatic N) is 4. The summed E-state index contributed by atoms with van der Waals surface area (Å²) in [6.45, 7) is -1.11. The van der Waals surface area contributed by atoms with Crippen molar-refractivity contribution in [3.8, 4) is 6.07 Å². The molecule has 9 nitrogen and oxygen atoms in total. The van der Waals surface area contributed by atoms with Crippen molar-refractivity contribution in [3.05, 3.63) is 62.2 Å². The molecule has 0 radical (unpaired) electrons. The van der Waals surface area contributed by atoms with Gasteiger partial charge in [0.15, 0.2) is 10.8 Å². The number of carboxylic acid groups (broad SMARTS) is 1. The van der Waals surface area contributed by atoms with Crippen molar-refractivity contribution in [2.75, 3.05) is 20.2 Å². The monoisotopic (exact) mass is 521 g/mol. The summed E-state index contributed by atoms with van der Waals surface area (Å²) in [5.74, 6) is -5.13. The number of alkyl halides is 2. The van der Waals surface area contributed by atoms with Gasteiger partial charge in [-0.3, -0.25) is 14.7 Å². The van der Waals surface area contributed by atoms with Gasteiger partial charge in [-0.1, -0.05) is 17.7 Å². The molecule has 1 aromatic heterocycles. The van der Waals surface area contributed by atoms with E-state index in [1.807, 2.05) is 6.07 Å². The van der Waals surface area contributed by atoms with Crippen LogP contribution < -0.4 is 5.32 Å². The maximum absolute atomic E-state index is 14.1. The fourth-order valence-electron chi connectivity index (χ4n) is 4.06. The number of aliphatic carboxylic acids is 1. The number of aromatic nitrogens is 1. The first-order valence-electron chi connectivity index (χ1n) is 10.2. The second-order valence-electron chi connectivity index (χ2n) is 7.89. The minimum absolute atomic E-state index is 0.0150. The number of carbonyl (C=O) groups excluding carboxylic acids is 1. The average molecular weight is 522 g/mol. The average Bonchev–Trinajstić information content (AvgIpc) is 3.45. The van der Waals surface area contributed by atoms with Crippen LogP contribution in [-0.4, -0.2) is 64.9 Å². The summed E-state index contributed by atoms with van der Waals surface area (Å²) >= 11 is 7.69. The topological polar surface area (TPSA) is 128 Å². The molecule has 2 unspecified atom stereocenters. The third-order valence-electron chi connectivity index (χ3n) is 5.60. The smallest absolute Gasteiger partial charge is 0.338 e. The predicted molar refractivity (Wildman–Crippen MR) is 122 cm³/mol. The fourth-order valence-corrected chi connectivity index (χ4v) is 4.93. The Labute approximate surface area is 207 Å². The first-order valence-corrected chi connectivity index (χ1v) is 11.5. The molecule has 1 fully saturated rings. The van der Waals surface area contributed by atoms with Gasteiger partial charge in [-0.15, -0.1) is 11.3 Å². The number of amidine groups is 1. The molecule has 0 amide bonds. The van der Waals surface area contributed by atoms with E-state index in [1.54, 1.807) is 17.6 Å². The van der Waals surface area contributed by atoms with E-state index in [0.29, 0.717) is 16.1 Å². The highest BCUT2D eigenvalue weighted by molar-refractivity contribution is 7.11. The molecule has 35 heavy (non-hydrogen) atoms. The van der Waals surface area contributed by atoms with Crippen molar-refractivity contribution in [1.82, 2.24) is 15.2 Å². The Kier molecular flexibility index (Phi) is 6.84. The number of ether oxygens (including phenoxy) is 1. The number of thiazole rings is 1. The lowest BCUT2D eigenvalue weighted by Gasteiger charge is -2.30. The van der Waals surface area contributed by atoms with E-state index in [9.17, 15) is 28.7 Å². The molecule has 13 heteroatoms. The van der Waals surface area contributed by atoms with Crippen molar-refractivity contribution in [2.24, 2.45) is 4.99 Å². The maximum Gasteiger partial charge on any atom is 0.338 e. The molecular weight excluding hydrogens is 504 g/mol. The minimum atomic E-state index is -3.20. The second kappa shape index (κ2) is 9.69. The number of likely N-dealkylation sites (tertiary alicyclic amines) is 1. The summed E-state index contributed by atoms with van der Waals surface area (Å²) < 4.78 is 33.2. The number of carbonyl (C=O) groups is 2. The molecule has 3 heterocycles. The van der Waals surface area contributed by atoms with Crippen LogP contribution in [0.4, 0.5) is 8.78 Å². The lowest BCUT2D eigenvalue weighted by atomic mass is 9.94. The zero-order chi connectivity index (χ0) is 25.3. The molecule has 2 N–H and O–H groups in total. The summed E-state index contributed by atoms with van der Waals surface area (Å²) in [6.07, 6.45) is 0.704. The van der Waals surface area contributed by atoms with E-state index < -0.39 is 42.9 Å². The van der Waals surface area contributed by atoms with Gasteiger partial charge in [0.05, 0.1) is 30.9 Å². The predicted octanol–water partition coefficient (Wildman–Crippen LogP) is 2.98. The van der Waals surface area contributed by atoms with E-state index in [-0.39, 0.29) is 28.7 Å². The number of rotatable bonds is 6. The molecule has 0 bridgehead atoms. The largest absolute Gasteiger partial charge is 0.480 e. The molecule has 2 atom stereocenters. The van der Waals surface area contributed by atoms with Crippen LogP contribution in [0.1, 0.15) is 28.6 Å². The van der Waals surface area contributed by atoms with Crippen LogP contribution in [0.5, 0.6) is 0 Å². The molecule has 2 aliphatic rings. The van der Waals surface area contributed by atoms with Gasteiger partial charge in [-0.2, -0.15) is 5.26 Å². The first kappa shape index (κ1) is 24.7. The first-order chi connectivity index (χ1) is 16.6. The molecule has 0 saturated carbocycles. The van der Waals surface area contributed by atoms with Crippen LogP contribution in [0.2, 0.25) is 5.02 Å². The van der Waals surface area contributed by atoms with E-state index in [1.165, 1.54) is 23.5 Å². The van der Waals surface area contributed by atoms with Gasteiger partial charge in [0.25, 0.3) is 5.92 Å². The number of carboxylic acids is 1. The van der Waals surface area contributed by atoms with Crippen LogP contribution in [0, 0.1) is 11.3 Å². The highest BCUT2D eigenvalue weighted by Gasteiger charge is 2.49.